The Kier molecular flexibility index (Phi) is 7.36. The molecule has 9 heteroatoms. The molecule has 0 saturated heterocycles. The number of nitrogens with one attached hydrogen (secondary N) is 1. The van der Waals surface area contributed by atoms with Crippen molar-refractivity contribution in [1.29, 1.82) is 5.26 Å². The number of carbonyl (C=O) groups is 1. The summed E-state index contributed by atoms with van der Waals surface area (Å²) < 4.78 is 1.95. The van der Waals surface area contributed by atoms with Gasteiger partial charge in [0.05, 0.1) is 16.3 Å². The molecule has 1 aromatic carbocycles. The van der Waals surface area contributed by atoms with Crippen LogP contribution in [0.5, 0.6) is 0 Å². The van der Waals surface area contributed by atoms with E-state index in [-0.39, 0.29) is 17.1 Å². The second-order valence-electron chi connectivity index (χ2n) is 9.49. The molecular weight excluding hydrogens is 486 g/mol. The van der Waals surface area contributed by atoms with Crippen molar-refractivity contribution < 1.29 is 4.79 Å². The van der Waals surface area contributed by atoms with Gasteiger partial charge in [-0.05, 0) is 55.2 Å². The van der Waals surface area contributed by atoms with Crippen LogP contribution >= 0.6 is 34.7 Å². The summed E-state index contributed by atoms with van der Waals surface area (Å²) in [6.07, 6.45) is 2.94. The van der Waals surface area contributed by atoms with Crippen LogP contribution in [0.15, 0.2) is 29.4 Å². The molecule has 1 aliphatic carbocycles. The van der Waals surface area contributed by atoms with Crippen molar-refractivity contribution in [2.24, 2.45) is 11.3 Å². The van der Waals surface area contributed by atoms with E-state index in [2.05, 4.69) is 42.4 Å². The fourth-order valence-corrected chi connectivity index (χ4v) is 6.66. The van der Waals surface area contributed by atoms with Gasteiger partial charge in [0, 0.05) is 17.0 Å². The van der Waals surface area contributed by atoms with Gasteiger partial charge in [-0.2, -0.15) is 5.26 Å². The normalized spacial score (nSPS) is 15.6. The van der Waals surface area contributed by atoms with E-state index in [9.17, 15) is 10.1 Å². The minimum absolute atomic E-state index is 0.155. The quantitative estimate of drug-likeness (QED) is 0.384. The predicted octanol–water partition coefficient (Wildman–Crippen LogP) is 6.43. The third-order valence-electron chi connectivity index (χ3n) is 6.33. The van der Waals surface area contributed by atoms with Crippen molar-refractivity contribution in [3.8, 4) is 17.5 Å². The molecule has 2 aromatic heterocycles. The van der Waals surface area contributed by atoms with Crippen molar-refractivity contribution in [2.75, 3.05) is 11.1 Å². The molecule has 6 nitrogen and oxygen atoms in total. The molecule has 0 fully saturated rings. The van der Waals surface area contributed by atoms with Crippen LogP contribution in [-0.4, -0.2) is 26.4 Å². The van der Waals surface area contributed by atoms with E-state index in [0.717, 1.165) is 30.4 Å². The first-order valence-electron chi connectivity index (χ1n) is 11.4. The van der Waals surface area contributed by atoms with Crippen LogP contribution in [0.4, 0.5) is 5.00 Å². The van der Waals surface area contributed by atoms with Gasteiger partial charge >= 0.3 is 0 Å². The summed E-state index contributed by atoms with van der Waals surface area (Å²) in [6, 6.07) is 9.85. The van der Waals surface area contributed by atoms with Crippen molar-refractivity contribution in [1.82, 2.24) is 14.8 Å². The lowest BCUT2D eigenvalue weighted by Crippen LogP contribution is -2.26. The van der Waals surface area contributed by atoms with Gasteiger partial charge in [0.25, 0.3) is 0 Å². The Morgan fingerprint density at radius 1 is 1.35 bits per heavy atom. The Hall–Kier alpha value is -2.34. The molecule has 3 aromatic rings. The molecule has 1 N–H and O–H groups in total. The van der Waals surface area contributed by atoms with Gasteiger partial charge in [-0.25, -0.2) is 0 Å². The number of nitrogens with zero attached hydrogens (tertiary/aromatic N) is 4. The third-order valence-corrected chi connectivity index (χ3v) is 8.80. The first-order chi connectivity index (χ1) is 16.2. The van der Waals surface area contributed by atoms with Gasteiger partial charge in [-0.3, -0.25) is 4.79 Å². The van der Waals surface area contributed by atoms with E-state index in [1.807, 2.05) is 35.8 Å². The maximum Gasteiger partial charge on any atom is 0.235 e. The average molecular weight is 514 g/mol. The van der Waals surface area contributed by atoms with Crippen LogP contribution in [0, 0.1) is 22.7 Å². The Balaban J connectivity index is 1.46. The number of nitriles is 1. The monoisotopic (exact) mass is 513 g/mol. The van der Waals surface area contributed by atoms with Crippen LogP contribution in [0.2, 0.25) is 5.02 Å². The number of hydrogen-bond donors (Lipinski definition) is 1. The highest BCUT2D eigenvalue weighted by Gasteiger charge is 2.32. The van der Waals surface area contributed by atoms with Crippen LogP contribution in [0.25, 0.3) is 11.4 Å². The van der Waals surface area contributed by atoms with Gasteiger partial charge in [-0.1, -0.05) is 56.3 Å². The van der Waals surface area contributed by atoms with E-state index in [1.54, 1.807) is 11.3 Å². The first kappa shape index (κ1) is 24.8. The minimum atomic E-state index is -0.155. The molecule has 0 bridgehead atoms. The molecule has 0 saturated carbocycles. The fraction of sp³-hybridized carbons (Fsp3) is 0.440. The first-order valence-corrected chi connectivity index (χ1v) is 13.6. The largest absolute Gasteiger partial charge is 0.316 e. The smallest absolute Gasteiger partial charge is 0.235 e. The fourth-order valence-electron chi connectivity index (χ4n) is 4.35. The van der Waals surface area contributed by atoms with Crippen LogP contribution in [-0.2, 0) is 24.2 Å². The lowest BCUT2D eigenvalue weighted by atomic mass is 9.72. The molecule has 0 aliphatic heterocycles. The maximum atomic E-state index is 12.8. The Bertz CT molecular complexity index is 1250. The van der Waals surface area contributed by atoms with E-state index >= 15 is 0 Å². The molecule has 0 spiro atoms. The Labute approximate surface area is 213 Å². The van der Waals surface area contributed by atoms with E-state index in [4.69, 9.17) is 11.6 Å². The van der Waals surface area contributed by atoms with Crippen LogP contribution in [0.3, 0.4) is 0 Å². The highest BCUT2D eigenvalue weighted by molar-refractivity contribution is 7.99. The van der Waals surface area contributed by atoms with Crippen molar-refractivity contribution in [3.05, 3.63) is 45.3 Å². The highest BCUT2D eigenvalue weighted by Crippen LogP contribution is 2.44. The van der Waals surface area contributed by atoms with Crippen molar-refractivity contribution in [2.45, 2.75) is 58.7 Å². The third kappa shape index (κ3) is 5.02. The molecule has 2 heterocycles. The molecule has 0 radical (unpaired) electrons. The molecule has 1 amide bonds. The number of anilines is 1. The number of thiophene rings is 1. The molecule has 0 unspecified atom stereocenters. The molecular formula is C25H28ClN5OS2. The second-order valence-corrected chi connectivity index (χ2v) is 11.9. The van der Waals surface area contributed by atoms with Gasteiger partial charge in [0.2, 0.25) is 5.91 Å². The number of aromatic nitrogens is 3. The molecule has 34 heavy (non-hydrogen) atoms. The van der Waals surface area contributed by atoms with Gasteiger partial charge < -0.3 is 9.88 Å². The topological polar surface area (TPSA) is 83.6 Å². The Morgan fingerprint density at radius 3 is 2.79 bits per heavy atom. The van der Waals surface area contributed by atoms with Gasteiger partial charge in [-0.15, -0.1) is 21.5 Å². The van der Waals surface area contributed by atoms with Gasteiger partial charge in [0.1, 0.15) is 11.1 Å². The van der Waals surface area contributed by atoms with Crippen LogP contribution < -0.4 is 5.32 Å². The minimum Gasteiger partial charge on any atom is -0.316 e. The lowest BCUT2D eigenvalue weighted by Gasteiger charge is -2.33. The Morgan fingerprint density at radius 2 is 2.12 bits per heavy atom. The SMILES string of the molecule is CCn1c(SCC(=O)Nc2sc3c(c2C#N)CC[C@@H](C(C)(C)C)C3)nnc1-c1ccccc1Cl. The number of rotatable bonds is 6. The summed E-state index contributed by atoms with van der Waals surface area (Å²) in [4.78, 5) is 14.0. The van der Waals surface area contributed by atoms with Crippen LogP contribution in [0.1, 0.15) is 50.1 Å². The second kappa shape index (κ2) is 10.1. The number of benzene rings is 1. The number of thioether (sulfide) groups is 1. The number of amides is 1. The van der Waals surface area contributed by atoms with E-state index in [1.165, 1.54) is 16.6 Å². The number of hydrogen-bond acceptors (Lipinski definition) is 6. The van der Waals surface area contributed by atoms with E-state index < -0.39 is 0 Å². The molecule has 4 rings (SSSR count). The molecule has 178 valence electrons. The summed E-state index contributed by atoms with van der Waals surface area (Å²) in [6.45, 7) is 9.48. The summed E-state index contributed by atoms with van der Waals surface area (Å²) in [5.74, 6) is 1.29. The van der Waals surface area contributed by atoms with Crippen molar-refractivity contribution in [3.63, 3.8) is 0 Å². The van der Waals surface area contributed by atoms with Gasteiger partial charge in [0.15, 0.2) is 11.0 Å². The molecule has 1 aliphatic rings. The summed E-state index contributed by atoms with van der Waals surface area (Å²) in [5.41, 5.74) is 2.78. The number of carbonyl (C=O) groups excluding carboxylic acids is 1. The summed E-state index contributed by atoms with van der Waals surface area (Å²) in [5, 5.41) is 23.3. The van der Waals surface area contributed by atoms with E-state index in [0.29, 0.717) is 39.0 Å². The zero-order valence-corrected chi connectivity index (χ0v) is 22.2. The zero-order valence-electron chi connectivity index (χ0n) is 19.8. The number of fused-ring (bicyclic) bond motifs is 1. The average Bonchev–Trinajstić information content (AvgIpc) is 3.36. The highest BCUT2D eigenvalue weighted by atomic mass is 35.5. The maximum absolute atomic E-state index is 12.8. The number of halogens is 1. The predicted molar refractivity (Wildman–Crippen MR) is 139 cm³/mol. The zero-order chi connectivity index (χ0) is 24.5. The lowest BCUT2D eigenvalue weighted by molar-refractivity contribution is -0.113. The summed E-state index contributed by atoms with van der Waals surface area (Å²) in [7, 11) is 0. The summed E-state index contributed by atoms with van der Waals surface area (Å²) >= 11 is 9.23. The molecule has 1 atom stereocenters. The van der Waals surface area contributed by atoms with Crippen molar-refractivity contribution >= 4 is 45.6 Å². The standard InChI is InChI=1S/C25H28ClN5OS2/c1-5-31-22(17-8-6-7-9-19(17)26)29-30-24(31)33-14-21(32)28-23-18(13-27)16-11-10-15(25(2,3)4)12-20(16)34-23/h6-9,15H,5,10-12,14H2,1-4H3,(H,28,32)/t15-/m1/s1.